The number of non-ortho nitro benzene ring substituents is 1. The van der Waals surface area contributed by atoms with Gasteiger partial charge in [0.1, 0.15) is 11.6 Å². The Balaban J connectivity index is 1.42. The topological polar surface area (TPSA) is 101 Å². The van der Waals surface area contributed by atoms with Crippen molar-refractivity contribution in [1.29, 1.82) is 0 Å². The quantitative estimate of drug-likeness (QED) is 0.330. The lowest BCUT2D eigenvalue weighted by atomic mass is 10.1. The highest BCUT2D eigenvalue weighted by molar-refractivity contribution is 6.33. The van der Waals surface area contributed by atoms with Crippen molar-refractivity contribution in [1.82, 2.24) is 10.3 Å². The predicted molar refractivity (Wildman–Crippen MR) is 110 cm³/mol. The first kappa shape index (κ1) is 19.7. The first-order chi connectivity index (χ1) is 14.4. The summed E-state index contributed by atoms with van der Waals surface area (Å²) in [6.07, 6.45) is 2.30. The third-order valence-electron chi connectivity index (χ3n) is 4.67. The fourth-order valence-electron chi connectivity index (χ4n) is 3.18. The van der Waals surface area contributed by atoms with Gasteiger partial charge in [-0.05, 0) is 48.4 Å². The van der Waals surface area contributed by atoms with Gasteiger partial charge in [-0.2, -0.15) is 0 Å². The summed E-state index contributed by atoms with van der Waals surface area (Å²) < 4.78 is 19.0. The highest BCUT2D eigenvalue weighted by Crippen LogP contribution is 2.32. The van der Waals surface area contributed by atoms with Crippen molar-refractivity contribution < 1.29 is 18.5 Å². The van der Waals surface area contributed by atoms with E-state index in [1.807, 2.05) is 0 Å². The van der Waals surface area contributed by atoms with Gasteiger partial charge in [0.05, 0.1) is 9.95 Å². The lowest BCUT2D eigenvalue weighted by Crippen LogP contribution is -2.25. The molecule has 30 heavy (non-hydrogen) atoms. The number of hydrogen-bond donors (Lipinski definition) is 2. The van der Waals surface area contributed by atoms with E-state index >= 15 is 0 Å². The van der Waals surface area contributed by atoms with E-state index in [2.05, 4.69) is 10.3 Å². The van der Waals surface area contributed by atoms with E-state index in [1.165, 1.54) is 36.4 Å². The molecule has 0 aliphatic heterocycles. The summed E-state index contributed by atoms with van der Waals surface area (Å²) >= 11 is 6.10. The fraction of sp³-hybridized carbons (Fsp3) is 0.0952. The van der Waals surface area contributed by atoms with Gasteiger partial charge in [0.15, 0.2) is 5.76 Å². The summed E-state index contributed by atoms with van der Waals surface area (Å²) in [5.74, 6) is -0.317. The molecule has 0 atom stereocenters. The van der Waals surface area contributed by atoms with Crippen molar-refractivity contribution in [3.05, 3.63) is 87.0 Å². The highest BCUT2D eigenvalue weighted by Gasteiger charge is 2.16. The molecule has 152 valence electrons. The minimum absolute atomic E-state index is 0.0874. The summed E-state index contributed by atoms with van der Waals surface area (Å²) in [7, 11) is 0. The van der Waals surface area contributed by atoms with Crippen molar-refractivity contribution in [2.45, 2.75) is 6.42 Å². The first-order valence-electron chi connectivity index (χ1n) is 9.00. The molecular formula is C21H15ClFN3O4. The standard InChI is InChI=1S/C21H15ClFN3O4/c22-17-10-14(26(28)29)2-3-15(17)19-5-6-20(30-19)21(27)24-8-7-12-11-25-18-4-1-13(23)9-16(12)18/h1-6,9-11,25H,7-8H2,(H,24,27). The third-order valence-corrected chi connectivity index (χ3v) is 4.98. The number of nitrogens with one attached hydrogen (secondary N) is 2. The zero-order valence-corrected chi connectivity index (χ0v) is 16.2. The van der Waals surface area contributed by atoms with E-state index in [0.717, 1.165) is 16.5 Å². The molecule has 0 saturated heterocycles. The van der Waals surface area contributed by atoms with E-state index in [9.17, 15) is 19.3 Å². The number of carbonyl (C=O) groups is 1. The fourth-order valence-corrected chi connectivity index (χ4v) is 3.45. The molecule has 0 unspecified atom stereocenters. The third kappa shape index (κ3) is 3.90. The molecular weight excluding hydrogens is 413 g/mol. The van der Waals surface area contributed by atoms with Gasteiger partial charge >= 0.3 is 0 Å². The van der Waals surface area contributed by atoms with Crippen LogP contribution in [0.3, 0.4) is 0 Å². The number of amides is 1. The molecule has 0 radical (unpaired) electrons. The normalized spacial score (nSPS) is 11.0. The van der Waals surface area contributed by atoms with Crippen molar-refractivity contribution in [2.24, 2.45) is 0 Å². The second-order valence-corrected chi connectivity index (χ2v) is 7.00. The minimum Gasteiger partial charge on any atom is -0.451 e. The second-order valence-electron chi connectivity index (χ2n) is 6.59. The number of benzene rings is 2. The number of fused-ring (bicyclic) bond motifs is 1. The average Bonchev–Trinajstić information content (AvgIpc) is 3.35. The van der Waals surface area contributed by atoms with Crippen LogP contribution in [0.4, 0.5) is 10.1 Å². The number of nitro benzene ring substituents is 1. The molecule has 4 aromatic rings. The van der Waals surface area contributed by atoms with E-state index in [1.54, 1.807) is 18.3 Å². The molecule has 2 N–H and O–H groups in total. The number of carbonyl (C=O) groups excluding carboxylic acids is 1. The molecule has 4 rings (SSSR count). The van der Waals surface area contributed by atoms with Crippen LogP contribution in [0.2, 0.25) is 5.02 Å². The number of H-pyrrole nitrogens is 1. The van der Waals surface area contributed by atoms with Crippen LogP contribution in [0.1, 0.15) is 16.1 Å². The molecule has 2 aromatic carbocycles. The van der Waals surface area contributed by atoms with Crippen molar-refractivity contribution in [3.8, 4) is 11.3 Å². The Hall–Kier alpha value is -3.65. The summed E-state index contributed by atoms with van der Waals surface area (Å²) in [6.45, 7) is 0.330. The van der Waals surface area contributed by atoms with Crippen LogP contribution in [0.15, 0.2) is 59.1 Å². The van der Waals surface area contributed by atoms with Crippen LogP contribution in [0.5, 0.6) is 0 Å². The number of halogens is 2. The molecule has 0 aliphatic rings. The molecule has 0 fully saturated rings. The van der Waals surface area contributed by atoms with Gasteiger partial charge in [0, 0.05) is 41.3 Å². The number of nitrogens with zero attached hydrogens (tertiary/aromatic N) is 1. The average molecular weight is 428 g/mol. The Labute approximate surface area is 174 Å². The van der Waals surface area contributed by atoms with Crippen LogP contribution in [0, 0.1) is 15.9 Å². The van der Waals surface area contributed by atoms with Gasteiger partial charge in [-0.1, -0.05) is 11.6 Å². The molecule has 7 nitrogen and oxygen atoms in total. The molecule has 1 amide bonds. The maximum atomic E-state index is 13.5. The molecule has 2 heterocycles. The first-order valence-corrected chi connectivity index (χ1v) is 9.38. The SMILES string of the molecule is O=C(NCCc1c[nH]c2ccc(F)cc12)c1ccc(-c2ccc([N+](=O)[O-])cc2Cl)o1. The Morgan fingerprint density at radius 1 is 1.20 bits per heavy atom. The van der Waals surface area contributed by atoms with Crippen molar-refractivity contribution in [2.75, 3.05) is 6.54 Å². The summed E-state index contributed by atoms with van der Waals surface area (Å²) in [5.41, 5.74) is 2.03. The largest absolute Gasteiger partial charge is 0.451 e. The van der Waals surface area contributed by atoms with Gasteiger partial charge in [-0.3, -0.25) is 14.9 Å². The number of hydrogen-bond acceptors (Lipinski definition) is 4. The van der Waals surface area contributed by atoms with Gasteiger partial charge < -0.3 is 14.7 Å². The predicted octanol–water partition coefficient (Wildman–Crippen LogP) is 5.10. The van der Waals surface area contributed by atoms with Crippen molar-refractivity contribution >= 4 is 34.1 Å². The molecule has 0 aliphatic carbocycles. The lowest BCUT2D eigenvalue weighted by Gasteiger charge is -2.04. The van der Waals surface area contributed by atoms with Crippen LogP contribution < -0.4 is 5.32 Å². The number of furan rings is 1. The van der Waals surface area contributed by atoms with Gasteiger partial charge in [0.2, 0.25) is 0 Å². The Bertz CT molecular complexity index is 1260. The smallest absolute Gasteiger partial charge is 0.287 e. The van der Waals surface area contributed by atoms with Gasteiger partial charge in [0.25, 0.3) is 11.6 Å². The molecule has 2 aromatic heterocycles. The second kappa shape index (κ2) is 8.00. The van der Waals surface area contributed by atoms with E-state index in [-0.39, 0.29) is 22.3 Å². The van der Waals surface area contributed by atoms with E-state index in [0.29, 0.717) is 24.3 Å². The molecule has 0 saturated carbocycles. The number of aromatic nitrogens is 1. The van der Waals surface area contributed by atoms with Crippen LogP contribution in [-0.4, -0.2) is 22.4 Å². The van der Waals surface area contributed by atoms with E-state index in [4.69, 9.17) is 16.0 Å². The number of aromatic amines is 1. The summed E-state index contributed by atoms with van der Waals surface area (Å²) in [4.78, 5) is 25.7. The maximum Gasteiger partial charge on any atom is 0.287 e. The maximum absolute atomic E-state index is 13.5. The molecule has 9 heteroatoms. The summed E-state index contributed by atoms with van der Waals surface area (Å²) in [6, 6.07) is 11.6. The monoisotopic (exact) mass is 427 g/mol. The van der Waals surface area contributed by atoms with Gasteiger partial charge in [-0.15, -0.1) is 0 Å². The minimum atomic E-state index is -0.543. The summed E-state index contributed by atoms with van der Waals surface area (Å²) in [5, 5.41) is 14.5. The zero-order valence-electron chi connectivity index (χ0n) is 15.4. The Morgan fingerprint density at radius 3 is 2.80 bits per heavy atom. The Kier molecular flexibility index (Phi) is 5.24. The highest BCUT2D eigenvalue weighted by atomic mass is 35.5. The van der Waals surface area contributed by atoms with Crippen LogP contribution >= 0.6 is 11.6 Å². The zero-order chi connectivity index (χ0) is 21.3. The molecule has 0 bridgehead atoms. The number of rotatable bonds is 6. The molecule has 0 spiro atoms. The van der Waals surface area contributed by atoms with Gasteiger partial charge in [-0.25, -0.2) is 4.39 Å². The van der Waals surface area contributed by atoms with E-state index < -0.39 is 10.8 Å². The Morgan fingerprint density at radius 2 is 2.03 bits per heavy atom. The lowest BCUT2D eigenvalue weighted by molar-refractivity contribution is -0.384. The van der Waals surface area contributed by atoms with Crippen LogP contribution in [0.25, 0.3) is 22.2 Å². The van der Waals surface area contributed by atoms with Crippen molar-refractivity contribution in [3.63, 3.8) is 0 Å². The number of nitro groups is 1. The van der Waals surface area contributed by atoms with Crippen LogP contribution in [-0.2, 0) is 6.42 Å².